The third-order valence-electron chi connectivity index (χ3n) is 5.21. The average molecular weight is 391 g/mol. The number of Topliss-reactive ketones (excluding diaryl/α,β-unsaturated/α-hetero) is 1. The zero-order valence-corrected chi connectivity index (χ0v) is 16.5. The van der Waals surface area contributed by atoms with Gasteiger partial charge in [0.05, 0.1) is 25.0 Å². The highest BCUT2D eigenvalue weighted by Gasteiger charge is 2.29. The molecule has 0 bridgehead atoms. The van der Waals surface area contributed by atoms with Crippen LogP contribution in [0.5, 0.6) is 5.75 Å². The molecule has 1 saturated heterocycles. The molecule has 150 valence electrons. The number of hydrogen-bond acceptors (Lipinski definition) is 5. The average Bonchev–Trinajstić information content (AvgIpc) is 3.20. The third kappa shape index (κ3) is 5.09. The van der Waals surface area contributed by atoms with E-state index in [1.165, 1.54) is 5.56 Å². The molecule has 29 heavy (non-hydrogen) atoms. The molecule has 3 aromatic rings. The number of carbonyl (C=O) groups is 1. The van der Waals surface area contributed by atoms with Gasteiger partial charge in [0.25, 0.3) is 0 Å². The minimum absolute atomic E-state index is 0.106. The van der Waals surface area contributed by atoms with E-state index in [0.29, 0.717) is 19.4 Å². The SMILES string of the molecule is COc1ccc([C@H]2CC(=O)C[C@@H](CCn3cc(Cc4ccccc4)nn3)O2)cc1. The first-order chi connectivity index (χ1) is 14.2. The summed E-state index contributed by atoms with van der Waals surface area (Å²) < 4.78 is 13.3. The topological polar surface area (TPSA) is 66.2 Å². The van der Waals surface area contributed by atoms with E-state index in [0.717, 1.165) is 29.8 Å². The van der Waals surface area contributed by atoms with Crippen LogP contribution in [0, 0.1) is 0 Å². The van der Waals surface area contributed by atoms with E-state index in [1.54, 1.807) is 7.11 Å². The summed E-state index contributed by atoms with van der Waals surface area (Å²) in [6.45, 7) is 0.676. The minimum atomic E-state index is -0.198. The molecule has 1 aliphatic heterocycles. The fourth-order valence-electron chi connectivity index (χ4n) is 3.67. The molecule has 0 aliphatic carbocycles. The quantitative estimate of drug-likeness (QED) is 0.614. The lowest BCUT2D eigenvalue weighted by Gasteiger charge is -2.29. The van der Waals surface area contributed by atoms with E-state index >= 15 is 0 Å². The molecule has 1 aromatic heterocycles. The van der Waals surface area contributed by atoms with E-state index in [1.807, 2.05) is 53.3 Å². The second-order valence-electron chi connectivity index (χ2n) is 7.39. The van der Waals surface area contributed by atoms with E-state index in [2.05, 4.69) is 22.4 Å². The zero-order valence-electron chi connectivity index (χ0n) is 16.5. The van der Waals surface area contributed by atoms with Gasteiger partial charge in [-0.3, -0.25) is 9.48 Å². The van der Waals surface area contributed by atoms with Gasteiger partial charge in [0.15, 0.2) is 0 Å². The largest absolute Gasteiger partial charge is 0.497 e. The summed E-state index contributed by atoms with van der Waals surface area (Å²) in [6, 6.07) is 17.9. The lowest BCUT2D eigenvalue weighted by Crippen LogP contribution is -2.29. The Labute approximate surface area is 170 Å². The fraction of sp³-hybridized carbons (Fsp3) is 0.348. The maximum atomic E-state index is 12.3. The molecule has 2 aromatic carbocycles. The van der Waals surface area contributed by atoms with Crippen LogP contribution in [-0.2, 0) is 22.5 Å². The van der Waals surface area contributed by atoms with Gasteiger partial charge in [-0.15, -0.1) is 5.10 Å². The van der Waals surface area contributed by atoms with Gasteiger partial charge >= 0.3 is 0 Å². The smallest absolute Gasteiger partial charge is 0.138 e. The first-order valence-electron chi connectivity index (χ1n) is 9.93. The van der Waals surface area contributed by atoms with Crippen LogP contribution in [0.4, 0.5) is 0 Å². The molecular formula is C23H25N3O3. The molecule has 0 radical (unpaired) electrons. The van der Waals surface area contributed by atoms with Gasteiger partial charge in [-0.2, -0.15) is 0 Å². The number of aryl methyl sites for hydroxylation is 1. The molecule has 0 unspecified atom stereocenters. The van der Waals surface area contributed by atoms with Crippen molar-refractivity contribution in [3.63, 3.8) is 0 Å². The first-order valence-corrected chi connectivity index (χ1v) is 9.93. The number of methoxy groups -OCH3 is 1. The maximum Gasteiger partial charge on any atom is 0.138 e. The highest BCUT2D eigenvalue weighted by molar-refractivity contribution is 5.80. The van der Waals surface area contributed by atoms with E-state index in [-0.39, 0.29) is 18.0 Å². The standard InChI is InChI=1S/C23H25N3O3/c1-28-21-9-7-18(8-10-21)23-15-20(27)14-22(29-23)11-12-26-16-19(24-25-26)13-17-5-3-2-4-6-17/h2-10,16,22-23H,11-15H2,1H3/t22-,23-/m1/s1. The Morgan fingerprint density at radius 1 is 1.10 bits per heavy atom. The number of aromatic nitrogens is 3. The van der Waals surface area contributed by atoms with Crippen LogP contribution < -0.4 is 4.74 Å². The second kappa shape index (κ2) is 9.01. The van der Waals surface area contributed by atoms with Crippen LogP contribution in [0.3, 0.4) is 0 Å². The predicted molar refractivity (Wildman–Crippen MR) is 109 cm³/mol. The number of rotatable bonds is 7. The van der Waals surface area contributed by atoms with E-state index < -0.39 is 0 Å². The van der Waals surface area contributed by atoms with Gasteiger partial charge < -0.3 is 9.47 Å². The Hall–Kier alpha value is -2.99. The summed E-state index contributed by atoms with van der Waals surface area (Å²) >= 11 is 0. The highest BCUT2D eigenvalue weighted by atomic mass is 16.5. The van der Waals surface area contributed by atoms with Crippen molar-refractivity contribution >= 4 is 5.78 Å². The van der Waals surface area contributed by atoms with E-state index in [4.69, 9.17) is 9.47 Å². The zero-order chi connectivity index (χ0) is 20.1. The van der Waals surface area contributed by atoms with Gasteiger partial charge in [0, 0.05) is 32.0 Å². The van der Waals surface area contributed by atoms with E-state index in [9.17, 15) is 4.79 Å². The molecule has 0 amide bonds. The molecule has 6 heteroatoms. The summed E-state index contributed by atoms with van der Waals surface area (Å²) in [5, 5.41) is 8.49. The fourth-order valence-corrected chi connectivity index (χ4v) is 3.67. The van der Waals surface area contributed by atoms with Gasteiger partial charge in [-0.05, 0) is 29.7 Å². The summed E-state index contributed by atoms with van der Waals surface area (Å²) in [5.41, 5.74) is 3.16. The van der Waals surface area contributed by atoms with Gasteiger partial charge in [0.2, 0.25) is 0 Å². The van der Waals surface area contributed by atoms with Crippen molar-refractivity contribution in [1.82, 2.24) is 15.0 Å². The van der Waals surface area contributed by atoms with Crippen molar-refractivity contribution < 1.29 is 14.3 Å². The summed E-state index contributed by atoms with van der Waals surface area (Å²) in [5.74, 6) is 1.04. The lowest BCUT2D eigenvalue weighted by atomic mass is 9.96. The van der Waals surface area contributed by atoms with Crippen LogP contribution in [0.2, 0.25) is 0 Å². The molecule has 0 saturated carbocycles. The first kappa shape index (κ1) is 19.3. The van der Waals surface area contributed by atoms with Crippen molar-refractivity contribution in [2.75, 3.05) is 7.11 Å². The van der Waals surface area contributed by atoms with Crippen LogP contribution >= 0.6 is 0 Å². The van der Waals surface area contributed by atoms with Crippen molar-refractivity contribution in [3.8, 4) is 5.75 Å². The molecule has 2 heterocycles. The molecule has 0 spiro atoms. The van der Waals surface area contributed by atoms with Gasteiger partial charge in [0.1, 0.15) is 11.5 Å². The number of ketones is 1. The summed E-state index contributed by atoms with van der Waals surface area (Å²) in [6.07, 6.45) is 4.04. The number of hydrogen-bond donors (Lipinski definition) is 0. The second-order valence-corrected chi connectivity index (χ2v) is 7.39. The number of ether oxygens (including phenoxy) is 2. The number of carbonyl (C=O) groups excluding carboxylic acids is 1. The van der Waals surface area contributed by atoms with Crippen LogP contribution in [-0.4, -0.2) is 34.0 Å². The third-order valence-corrected chi connectivity index (χ3v) is 5.21. The predicted octanol–water partition coefficient (Wildman–Crippen LogP) is 3.76. The number of benzene rings is 2. The Morgan fingerprint density at radius 2 is 1.90 bits per heavy atom. The van der Waals surface area contributed by atoms with Crippen LogP contribution in [0.15, 0.2) is 60.8 Å². The minimum Gasteiger partial charge on any atom is -0.497 e. The Balaban J connectivity index is 1.33. The highest BCUT2D eigenvalue weighted by Crippen LogP contribution is 2.31. The number of nitrogens with zero attached hydrogens (tertiary/aromatic N) is 3. The Morgan fingerprint density at radius 3 is 2.66 bits per heavy atom. The van der Waals surface area contributed by atoms with Crippen molar-refractivity contribution in [1.29, 1.82) is 0 Å². The van der Waals surface area contributed by atoms with Gasteiger partial charge in [-0.1, -0.05) is 47.7 Å². The molecular weight excluding hydrogens is 366 g/mol. The van der Waals surface area contributed by atoms with Crippen molar-refractivity contribution in [2.45, 2.75) is 44.4 Å². The molecule has 1 aliphatic rings. The lowest BCUT2D eigenvalue weighted by molar-refractivity contribution is -0.136. The normalized spacial score (nSPS) is 19.3. The molecule has 4 rings (SSSR count). The maximum absolute atomic E-state index is 12.3. The van der Waals surface area contributed by atoms with Crippen molar-refractivity contribution in [2.24, 2.45) is 0 Å². The summed E-state index contributed by atoms with van der Waals surface area (Å²) in [7, 11) is 1.64. The Kier molecular flexibility index (Phi) is 6.00. The molecule has 1 fully saturated rings. The molecule has 6 nitrogen and oxygen atoms in total. The Bertz CT molecular complexity index is 938. The molecule has 2 atom stereocenters. The monoisotopic (exact) mass is 391 g/mol. The molecule has 0 N–H and O–H groups in total. The van der Waals surface area contributed by atoms with Crippen LogP contribution in [0.1, 0.15) is 42.2 Å². The van der Waals surface area contributed by atoms with Gasteiger partial charge in [-0.25, -0.2) is 0 Å². The van der Waals surface area contributed by atoms with Crippen LogP contribution in [0.25, 0.3) is 0 Å². The summed E-state index contributed by atoms with van der Waals surface area (Å²) in [4.78, 5) is 12.3. The van der Waals surface area contributed by atoms with Crippen molar-refractivity contribution in [3.05, 3.63) is 77.6 Å².